The minimum atomic E-state index is -3.09. The summed E-state index contributed by atoms with van der Waals surface area (Å²) in [4.78, 5) is 19.2. The third kappa shape index (κ3) is 5.50. The van der Waals surface area contributed by atoms with Crippen molar-refractivity contribution in [1.82, 2.24) is 4.90 Å². The van der Waals surface area contributed by atoms with Crippen LogP contribution >= 0.6 is 11.8 Å². The summed E-state index contributed by atoms with van der Waals surface area (Å²) in [5.41, 5.74) is 1.87. The molecule has 0 aromatic heterocycles. The highest BCUT2D eigenvalue weighted by atomic mass is 32.2. The van der Waals surface area contributed by atoms with Crippen molar-refractivity contribution in [2.45, 2.75) is 24.1 Å². The largest absolute Gasteiger partial charge is 0.497 e. The van der Waals surface area contributed by atoms with Crippen molar-refractivity contribution in [3.63, 3.8) is 0 Å². The first-order chi connectivity index (χ1) is 16.3. The van der Waals surface area contributed by atoms with E-state index in [-0.39, 0.29) is 35.1 Å². The van der Waals surface area contributed by atoms with E-state index >= 15 is 0 Å². The fourth-order valence-electron chi connectivity index (χ4n) is 4.25. The monoisotopic (exact) mass is 504 g/mol. The summed E-state index contributed by atoms with van der Waals surface area (Å²) < 4.78 is 40.2. The summed E-state index contributed by atoms with van der Waals surface area (Å²) in [6.45, 7) is 0.582. The Hall–Kier alpha value is -2.72. The molecule has 2 aliphatic rings. The molecule has 0 N–H and O–H groups in total. The molecule has 0 radical (unpaired) electrons. The van der Waals surface area contributed by atoms with Gasteiger partial charge >= 0.3 is 0 Å². The normalized spacial score (nSPS) is 22.0. The number of amides is 1. The number of fused-ring (bicyclic) bond motifs is 1. The third-order valence-corrected chi connectivity index (χ3v) is 9.25. The Bertz CT molecular complexity index is 1180. The maximum Gasteiger partial charge on any atom is 0.252 e. The number of hydrogen-bond acceptors (Lipinski definition) is 7. The number of nitrogens with zero attached hydrogens (tertiary/aromatic N) is 2. The molecule has 0 saturated carbocycles. The average Bonchev–Trinajstić information content (AvgIpc) is 3.28. The lowest BCUT2D eigenvalue weighted by Gasteiger charge is -2.24. The van der Waals surface area contributed by atoms with Crippen LogP contribution in [0.5, 0.6) is 17.2 Å². The maximum absolute atomic E-state index is 12.8. The lowest BCUT2D eigenvalue weighted by atomic mass is 10.1. The zero-order valence-corrected chi connectivity index (χ0v) is 21.0. The van der Waals surface area contributed by atoms with Crippen LogP contribution in [0, 0.1) is 0 Å². The van der Waals surface area contributed by atoms with E-state index in [1.54, 1.807) is 33.5 Å². The molecule has 2 aliphatic heterocycles. The van der Waals surface area contributed by atoms with E-state index in [0.717, 1.165) is 16.9 Å². The van der Waals surface area contributed by atoms with Gasteiger partial charge in [0.15, 0.2) is 26.5 Å². The average molecular weight is 505 g/mol. The molecule has 2 aromatic carbocycles. The second-order valence-electron chi connectivity index (χ2n) is 8.25. The SMILES string of the molecule is COc1ccc(CCN2C(=NC(=O)Cc3ccc(OC)c(OC)c3)S[C@@H]3CS(=O)(=O)C[C@H]32)cc1. The summed E-state index contributed by atoms with van der Waals surface area (Å²) >= 11 is 1.40. The molecule has 2 aromatic rings. The zero-order chi connectivity index (χ0) is 24.3. The van der Waals surface area contributed by atoms with Gasteiger partial charge in [-0.25, -0.2) is 8.42 Å². The van der Waals surface area contributed by atoms with E-state index in [1.807, 2.05) is 35.2 Å². The van der Waals surface area contributed by atoms with Gasteiger partial charge in [-0.2, -0.15) is 4.99 Å². The fourth-order valence-corrected chi connectivity index (χ4v) is 8.25. The molecule has 2 fully saturated rings. The molecule has 2 atom stereocenters. The van der Waals surface area contributed by atoms with Crippen LogP contribution in [0.1, 0.15) is 11.1 Å². The summed E-state index contributed by atoms with van der Waals surface area (Å²) in [6.07, 6.45) is 0.821. The first kappa shape index (κ1) is 24.4. The highest BCUT2D eigenvalue weighted by Crippen LogP contribution is 2.38. The van der Waals surface area contributed by atoms with Gasteiger partial charge in [-0.15, -0.1) is 0 Å². The number of carbonyl (C=O) groups excluding carboxylic acids is 1. The van der Waals surface area contributed by atoms with Gasteiger partial charge in [-0.3, -0.25) is 4.79 Å². The van der Waals surface area contributed by atoms with Crippen LogP contribution in [-0.4, -0.2) is 75.1 Å². The second kappa shape index (κ2) is 10.3. The molecule has 0 aliphatic carbocycles. The maximum atomic E-state index is 12.8. The Morgan fingerprint density at radius 2 is 1.71 bits per heavy atom. The topological polar surface area (TPSA) is 94.5 Å². The molecule has 0 unspecified atom stereocenters. The third-order valence-electron chi connectivity index (χ3n) is 6.00. The lowest BCUT2D eigenvalue weighted by molar-refractivity contribution is -0.117. The molecule has 1 amide bonds. The fraction of sp³-hybridized carbons (Fsp3) is 0.417. The number of methoxy groups -OCH3 is 3. The summed E-state index contributed by atoms with van der Waals surface area (Å²) in [5.74, 6) is 1.85. The van der Waals surface area contributed by atoms with Gasteiger partial charge in [0.1, 0.15) is 5.75 Å². The highest BCUT2D eigenvalue weighted by Gasteiger charge is 2.48. The Labute approximate surface area is 204 Å². The Morgan fingerprint density at radius 1 is 1.00 bits per heavy atom. The molecule has 2 saturated heterocycles. The number of carbonyl (C=O) groups is 1. The van der Waals surface area contributed by atoms with Crippen molar-refractivity contribution in [3.05, 3.63) is 53.6 Å². The number of amidine groups is 1. The van der Waals surface area contributed by atoms with E-state index in [9.17, 15) is 13.2 Å². The van der Waals surface area contributed by atoms with Crippen molar-refractivity contribution in [2.24, 2.45) is 4.99 Å². The molecular formula is C24H28N2O6S2. The lowest BCUT2D eigenvalue weighted by Crippen LogP contribution is -2.39. The summed E-state index contributed by atoms with van der Waals surface area (Å²) in [5, 5.41) is 0.498. The Kier molecular flexibility index (Phi) is 7.37. The molecule has 182 valence electrons. The predicted molar refractivity (Wildman–Crippen MR) is 133 cm³/mol. The molecule has 4 rings (SSSR count). The number of ether oxygens (including phenoxy) is 3. The van der Waals surface area contributed by atoms with Crippen LogP contribution in [0.2, 0.25) is 0 Å². The van der Waals surface area contributed by atoms with Crippen molar-refractivity contribution in [3.8, 4) is 17.2 Å². The first-order valence-electron chi connectivity index (χ1n) is 10.9. The van der Waals surface area contributed by atoms with Crippen LogP contribution in [0.25, 0.3) is 0 Å². The number of sulfone groups is 1. The summed E-state index contributed by atoms with van der Waals surface area (Å²) in [7, 11) is 1.64. The Balaban J connectivity index is 1.50. The van der Waals surface area contributed by atoms with Crippen molar-refractivity contribution < 1.29 is 27.4 Å². The molecule has 8 nitrogen and oxygen atoms in total. The number of rotatable bonds is 8. The highest BCUT2D eigenvalue weighted by molar-refractivity contribution is 8.15. The van der Waals surface area contributed by atoms with Gasteiger partial charge in [-0.1, -0.05) is 30.0 Å². The minimum absolute atomic E-state index is 0.0934. The Morgan fingerprint density at radius 3 is 2.38 bits per heavy atom. The molecular weight excluding hydrogens is 476 g/mol. The van der Waals surface area contributed by atoms with E-state index in [2.05, 4.69) is 4.99 Å². The van der Waals surface area contributed by atoms with E-state index in [0.29, 0.717) is 29.6 Å². The molecule has 2 heterocycles. The van der Waals surface area contributed by atoms with Crippen LogP contribution < -0.4 is 14.2 Å². The van der Waals surface area contributed by atoms with Gasteiger partial charge in [0.25, 0.3) is 5.91 Å². The molecule has 34 heavy (non-hydrogen) atoms. The van der Waals surface area contributed by atoms with Crippen LogP contribution in [0.3, 0.4) is 0 Å². The van der Waals surface area contributed by atoms with E-state index < -0.39 is 9.84 Å². The van der Waals surface area contributed by atoms with E-state index in [4.69, 9.17) is 14.2 Å². The molecule has 0 spiro atoms. The number of thioether (sulfide) groups is 1. The minimum Gasteiger partial charge on any atom is -0.497 e. The van der Waals surface area contributed by atoms with E-state index in [1.165, 1.54) is 11.8 Å². The van der Waals surface area contributed by atoms with Crippen LogP contribution in [0.15, 0.2) is 47.5 Å². The van der Waals surface area contributed by atoms with Crippen LogP contribution in [-0.2, 0) is 27.5 Å². The standard InChI is InChI=1S/C24H28N2O6S2/c1-30-18-7-4-16(5-8-18)10-11-26-19-14-34(28,29)15-22(19)33-24(26)25-23(27)13-17-6-9-20(31-2)21(12-17)32-3/h4-9,12,19,22H,10-11,13-15H2,1-3H3/t19-,22-/m1/s1. The van der Waals surface area contributed by atoms with Gasteiger partial charge in [0.2, 0.25) is 0 Å². The zero-order valence-electron chi connectivity index (χ0n) is 19.4. The van der Waals surface area contributed by atoms with Gasteiger partial charge in [0, 0.05) is 11.8 Å². The smallest absolute Gasteiger partial charge is 0.252 e. The van der Waals surface area contributed by atoms with Crippen molar-refractivity contribution in [2.75, 3.05) is 39.4 Å². The molecule has 0 bridgehead atoms. The predicted octanol–water partition coefficient (Wildman–Crippen LogP) is 2.59. The number of hydrogen-bond donors (Lipinski definition) is 0. The number of aliphatic imine (C=N–C) groups is 1. The van der Waals surface area contributed by atoms with Gasteiger partial charge in [-0.05, 0) is 41.8 Å². The van der Waals surface area contributed by atoms with Crippen molar-refractivity contribution in [1.29, 1.82) is 0 Å². The quantitative estimate of drug-likeness (QED) is 0.542. The summed E-state index contributed by atoms with van der Waals surface area (Å²) in [6, 6.07) is 13.0. The van der Waals surface area contributed by atoms with Gasteiger partial charge < -0.3 is 19.1 Å². The van der Waals surface area contributed by atoms with Crippen molar-refractivity contribution >= 4 is 32.7 Å². The van der Waals surface area contributed by atoms with Crippen LogP contribution in [0.4, 0.5) is 0 Å². The molecule has 10 heteroatoms. The van der Waals surface area contributed by atoms with Gasteiger partial charge in [0.05, 0.1) is 45.3 Å². The second-order valence-corrected chi connectivity index (χ2v) is 11.6. The first-order valence-corrected chi connectivity index (χ1v) is 13.6. The number of benzene rings is 2.